The lowest BCUT2D eigenvalue weighted by Gasteiger charge is -2.24. The van der Waals surface area contributed by atoms with E-state index >= 15 is 0 Å². The largest absolute Gasteiger partial charge is 0.480 e. The molecule has 2 aromatic heterocycles. The molecule has 132 valence electrons. The molecule has 4 rings (SSSR count). The van der Waals surface area contributed by atoms with Crippen LogP contribution in [0.25, 0.3) is 11.4 Å². The number of carboxylic acids is 1. The highest BCUT2D eigenvalue weighted by molar-refractivity contribution is 7.08. The number of aromatic nitrogens is 2. The molecular weight excluding hydrogens is 342 g/mol. The number of amides is 1. The summed E-state index contributed by atoms with van der Waals surface area (Å²) < 4.78 is 5.21. The third-order valence-corrected chi connectivity index (χ3v) is 5.95. The number of aryl methyl sites for hydroxylation is 1. The van der Waals surface area contributed by atoms with Crippen molar-refractivity contribution >= 4 is 23.2 Å². The van der Waals surface area contributed by atoms with Gasteiger partial charge in [-0.3, -0.25) is 4.79 Å². The molecule has 1 saturated heterocycles. The van der Waals surface area contributed by atoms with Gasteiger partial charge in [-0.15, -0.1) is 0 Å². The van der Waals surface area contributed by atoms with E-state index in [1.807, 2.05) is 16.8 Å². The molecular formula is C17H19N3O4S. The Morgan fingerprint density at radius 1 is 1.40 bits per heavy atom. The lowest BCUT2D eigenvalue weighted by atomic mass is 9.94. The molecule has 0 radical (unpaired) electrons. The standard InChI is InChI=1S/C17H19N3O4S/c21-14(20-8-10-2-1-3-12(10)15(20)17(22)23)5-4-13-18-16(19-24-13)11-6-7-25-9-11/h6-7,9-10,12,15H,1-5,8H2,(H,22,23). The van der Waals surface area contributed by atoms with E-state index in [9.17, 15) is 14.7 Å². The van der Waals surface area contributed by atoms with Crippen molar-refractivity contribution in [2.45, 2.75) is 38.1 Å². The summed E-state index contributed by atoms with van der Waals surface area (Å²) in [5.74, 6) is 0.328. The minimum Gasteiger partial charge on any atom is -0.480 e. The summed E-state index contributed by atoms with van der Waals surface area (Å²) in [6, 6.07) is 1.23. The highest BCUT2D eigenvalue weighted by atomic mass is 32.1. The van der Waals surface area contributed by atoms with Gasteiger partial charge in [0.05, 0.1) is 0 Å². The third-order valence-electron chi connectivity index (χ3n) is 5.26. The Kier molecular flexibility index (Phi) is 4.29. The van der Waals surface area contributed by atoms with Crippen LogP contribution in [0.1, 0.15) is 31.6 Å². The maximum absolute atomic E-state index is 12.6. The van der Waals surface area contributed by atoms with Crippen molar-refractivity contribution in [1.82, 2.24) is 15.0 Å². The SMILES string of the molecule is O=C(O)C1C2CCCC2CN1C(=O)CCc1nc(-c2ccsc2)no1. The van der Waals surface area contributed by atoms with Gasteiger partial charge in [-0.25, -0.2) is 4.79 Å². The first kappa shape index (κ1) is 16.3. The van der Waals surface area contributed by atoms with Crippen molar-refractivity contribution < 1.29 is 19.2 Å². The number of hydrogen-bond acceptors (Lipinski definition) is 6. The minimum atomic E-state index is -0.889. The van der Waals surface area contributed by atoms with Gasteiger partial charge in [0.15, 0.2) is 0 Å². The molecule has 2 aliphatic rings. The van der Waals surface area contributed by atoms with Crippen molar-refractivity contribution in [3.05, 3.63) is 22.7 Å². The lowest BCUT2D eigenvalue weighted by molar-refractivity contribution is -0.149. The first-order valence-electron chi connectivity index (χ1n) is 8.51. The van der Waals surface area contributed by atoms with Gasteiger partial charge in [0, 0.05) is 30.3 Å². The Morgan fingerprint density at radius 3 is 3.04 bits per heavy atom. The molecule has 2 aromatic rings. The Hall–Kier alpha value is -2.22. The van der Waals surface area contributed by atoms with E-state index in [-0.39, 0.29) is 18.2 Å². The van der Waals surface area contributed by atoms with Crippen LogP contribution >= 0.6 is 11.3 Å². The van der Waals surface area contributed by atoms with E-state index in [0.717, 1.165) is 24.8 Å². The number of likely N-dealkylation sites (tertiary alicyclic amines) is 1. The van der Waals surface area contributed by atoms with Crippen LogP contribution in [0.2, 0.25) is 0 Å². The third kappa shape index (κ3) is 3.06. The fourth-order valence-corrected chi connectivity index (χ4v) is 4.74. The molecule has 3 unspecified atom stereocenters. The molecule has 7 nitrogen and oxygen atoms in total. The molecule has 8 heteroatoms. The van der Waals surface area contributed by atoms with Gasteiger partial charge in [-0.1, -0.05) is 11.6 Å². The molecule has 1 N–H and O–H groups in total. The van der Waals surface area contributed by atoms with Crippen molar-refractivity contribution in [3.8, 4) is 11.4 Å². The average Bonchev–Trinajstić information content (AvgIpc) is 3.35. The number of nitrogens with zero attached hydrogens (tertiary/aromatic N) is 3. The molecule has 0 bridgehead atoms. The van der Waals surface area contributed by atoms with Crippen LogP contribution in [0.4, 0.5) is 0 Å². The van der Waals surface area contributed by atoms with Gasteiger partial charge in [0.1, 0.15) is 6.04 Å². The summed E-state index contributed by atoms with van der Waals surface area (Å²) in [6.07, 6.45) is 3.50. The molecule has 1 saturated carbocycles. The van der Waals surface area contributed by atoms with Crippen molar-refractivity contribution in [2.75, 3.05) is 6.54 Å². The van der Waals surface area contributed by atoms with Gasteiger partial charge in [-0.2, -0.15) is 16.3 Å². The molecule has 0 spiro atoms. The number of aliphatic carboxylic acids is 1. The zero-order valence-corrected chi connectivity index (χ0v) is 14.4. The lowest BCUT2D eigenvalue weighted by Crippen LogP contribution is -2.43. The first-order chi connectivity index (χ1) is 12.1. The van der Waals surface area contributed by atoms with E-state index in [1.165, 1.54) is 0 Å². The van der Waals surface area contributed by atoms with Crippen LogP contribution in [-0.4, -0.2) is 44.6 Å². The summed E-state index contributed by atoms with van der Waals surface area (Å²) in [5.41, 5.74) is 0.893. The monoisotopic (exact) mass is 361 g/mol. The normalized spacial score (nSPS) is 25.3. The zero-order chi connectivity index (χ0) is 17.4. The number of rotatable bonds is 5. The number of thiophene rings is 1. The van der Waals surface area contributed by atoms with Gasteiger partial charge in [0.2, 0.25) is 17.6 Å². The fraction of sp³-hybridized carbons (Fsp3) is 0.529. The fourth-order valence-electron chi connectivity index (χ4n) is 4.10. The smallest absolute Gasteiger partial charge is 0.326 e. The van der Waals surface area contributed by atoms with Gasteiger partial charge in [0.25, 0.3) is 0 Å². The second-order valence-electron chi connectivity index (χ2n) is 6.71. The second-order valence-corrected chi connectivity index (χ2v) is 7.49. The summed E-state index contributed by atoms with van der Waals surface area (Å²) in [4.78, 5) is 30.1. The number of hydrogen-bond donors (Lipinski definition) is 1. The van der Waals surface area contributed by atoms with Crippen LogP contribution in [0.3, 0.4) is 0 Å². The number of fused-ring (bicyclic) bond motifs is 1. The predicted molar refractivity (Wildman–Crippen MR) is 89.9 cm³/mol. The average molecular weight is 361 g/mol. The quantitative estimate of drug-likeness (QED) is 0.879. The summed E-state index contributed by atoms with van der Waals surface area (Å²) >= 11 is 1.55. The Morgan fingerprint density at radius 2 is 2.28 bits per heavy atom. The molecule has 25 heavy (non-hydrogen) atoms. The van der Waals surface area contributed by atoms with Crippen LogP contribution < -0.4 is 0 Å². The van der Waals surface area contributed by atoms with E-state index in [4.69, 9.17) is 4.52 Å². The summed E-state index contributed by atoms with van der Waals surface area (Å²) in [5, 5.41) is 17.3. The molecule has 0 aromatic carbocycles. The predicted octanol–water partition coefficient (Wildman–Crippen LogP) is 2.44. The number of carbonyl (C=O) groups excluding carboxylic acids is 1. The van der Waals surface area contributed by atoms with Crippen molar-refractivity contribution in [2.24, 2.45) is 11.8 Å². The zero-order valence-electron chi connectivity index (χ0n) is 13.6. The topological polar surface area (TPSA) is 96.5 Å². The van der Waals surface area contributed by atoms with Crippen LogP contribution in [0.15, 0.2) is 21.3 Å². The molecule has 3 heterocycles. The minimum absolute atomic E-state index is 0.107. The second kappa shape index (κ2) is 6.59. The number of carboxylic acid groups (broad SMARTS) is 1. The van der Waals surface area contributed by atoms with E-state index in [0.29, 0.717) is 30.6 Å². The molecule has 3 atom stereocenters. The van der Waals surface area contributed by atoms with Crippen LogP contribution in [0, 0.1) is 11.8 Å². The summed E-state index contributed by atoms with van der Waals surface area (Å²) in [6.45, 7) is 0.560. The highest BCUT2D eigenvalue weighted by Crippen LogP contribution is 2.42. The summed E-state index contributed by atoms with van der Waals surface area (Å²) in [7, 11) is 0. The van der Waals surface area contributed by atoms with Gasteiger partial charge in [-0.05, 0) is 36.1 Å². The first-order valence-corrected chi connectivity index (χ1v) is 9.45. The van der Waals surface area contributed by atoms with E-state index in [2.05, 4.69) is 10.1 Å². The molecule has 1 aliphatic carbocycles. The maximum atomic E-state index is 12.6. The van der Waals surface area contributed by atoms with Crippen LogP contribution in [0.5, 0.6) is 0 Å². The molecule has 1 amide bonds. The number of carbonyl (C=O) groups is 2. The van der Waals surface area contributed by atoms with Gasteiger partial charge < -0.3 is 14.5 Å². The van der Waals surface area contributed by atoms with Crippen LogP contribution in [-0.2, 0) is 16.0 Å². The van der Waals surface area contributed by atoms with E-state index in [1.54, 1.807) is 16.2 Å². The maximum Gasteiger partial charge on any atom is 0.326 e. The Balaban J connectivity index is 1.40. The molecule has 1 aliphatic heterocycles. The Labute approximate surface area is 148 Å². The highest BCUT2D eigenvalue weighted by Gasteiger charge is 2.49. The van der Waals surface area contributed by atoms with Crippen molar-refractivity contribution in [3.63, 3.8) is 0 Å². The Bertz CT molecular complexity index is 773. The van der Waals surface area contributed by atoms with Gasteiger partial charge >= 0.3 is 5.97 Å². The van der Waals surface area contributed by atoms with E-state index < -0.39 is 12.0 Å². The molecule has 2 fully saturated rings. The van der Waals surface area contributed by atoms with Crippen molar-refractivity contribution in [1.29, 1.82) is 0 Å².